The van der Waals surface area contributed by atoms with Gasteiger partial charge in [-0.3, -0.25) is 4.79 Å². The first-order chi connectivity index (χ1) is 11.2. The van der Waals surface area contributed by atoms with Crippen LogP contribution in [0.3, 0.4) is 0 Å². The summed E-state index contributed by atoms with van der Waals surface area (Å²) in [7, 11) is -3.23. The van der Waals surface area contributed by atoms with E-state index in [2.05, 4.69) is 0 Å². The zero-order chi connectivity index (χ0) is 17.9. The maximum atomic E-state index is 13.6. The number of carbonyl (C=O) groups is 1. The number of hydrogen-bond donors (Lipinski definition) is 0. The summed E-state index contributed by atoms with van der Waals surface area (Å²) in [6.45, 7) is 3.21. The molecule has 0 saturated carbocycles. The van der Waals surface area contributed by atoms with Crippen molar-refractivity contribution in [1.82, 2.24) is 0 Å². The van der Waals surface area contributed by atoms with E-state index in [9.17, 15) is 22.0 Å². The van der Waals surface area contributed by atoms with Gasteiger partial charge in [0.25, 0.3) is 0 Å². The van der Waals surface area contributed by atoms with Crippen molar-refractivity contribution in [3.63, 3.8) is 0 Å². The van der Waals surface area contributed by atoms with Crippen LogP contribution in [0.25, 0.3) is 0 Å². The van der Waals surface area contributed by atoms with Gasteiger partial charge in [0.15, 0.2) is 15.6 Å². The summed E-state index contributed by atoms with van der Waals surface area (Å²) < 4.78 is 51.0. The predicted octanol–water partition coefficient (Wildman–Crippen LogP) is 3.71. The van der Waals surface area contributed by atoms with Crippen molar-refractivity contribution in [2.24, 2.45) is 0 Å². The third-order valence-electron chi connectivity index (χ3n) is 3.76. The Kier molecular flexibility index (Phi) is 5.49. The summed E-state index contributed by atoms with van der Waals surface area (Å²) in [6, 6.07) is 9.49. The minimum Gasteiger partial charge on any atom is -0.294 e. The van der Waals surface area contributed by atoms with E-state index in [0.717, 1.165) is 12.1 Å². The molecule has 0 heterocycles. The fourth-order valence-corrected chi connectivity index (χ4v) is 3.14. The molecule has 0 atom stereocenters. The second-order valence-electron chi connectivity index (χ2n) is 5.85. The van der Waals surface area contributed by atoms with Gasteiger partial charge in [0.2, 0.25) is 0 Å². The van der Waals surface area contributed by atoms with Crippen molar-refractivity contribution in [3.05, 3.63) is 70.8 Å². The molecule has 0 aromatic heterocycles. The molecule has 0 radical (unpaired) electrons. The summed E-state index contributed by atoms with van der Waals surface area (Å²) in [5.41, 5.74) is 0.578. The molecule has 0 unspecified atom stereocenters. The van der Waals surface area contributed by atoms with Crippen LogP contribution in [0.5, 0.6) is 0 Å². The molecule has 0 saturated heterocycles. The molecule has 0 aliphatic heterocycles. The molecule has 2 rings (SSSR count). The third-order valence-corrected chi connectivity index (χ3v) is 5.93. The highest BCUT2D eigenvalue weighted by Crippen LogP contribution is 2.17. The lowest BCUT2D eigenvalue weighted by Gasteiger charge is -2.08. The molecule has 128 valence electrons. The molecule has 0 spiro atoms. The highest BCUT2D eigenvalue weighted by molar-refractivity contribution is 7.91. The second kappa shape index (κ2) is 7.21. The number of Topliss-reactive ketones (excluding diaryl/α,β-unsaturated/α-hetero) is 1. The normalized spacial score (nSPS) is 11.7. The van der Waals surface area contributed by atoms with E-state index in [1.807, 2.05) is 0 Å². The SMILES string of the molecule is CC(C)S(=O)(=O)Cc1ccc(C(=O)Cc2c(F)cccc2F)cc1. The molecular weight excluding hydrogens is 334 g/mol. The Bertz CT molecular complexity index is 821. The van der Waals surface area contributed by atoms with E-state index in [1.54, 1.807) is 26.0 Å². The summed E-state index contributed by atoms with van der Waals surface area (Å²) >= 11 is 0. The van der Waals surface area contributed by atoms with E-state index in [0.29, 0.717) is 5.56 Å². The smallest absolute Gasteiger partial charge is 0.167 e. The molecule has 0 amide bonds. The van der Waals surface area contributed by atoms with Crippen LogP contribution in [-0.2, 0) is 22.0 Å². The van der Waals surface area contributed by atoms with Gasteiger partial charge >= 0.3 is 0 Å². The average Bonchev–Trinajstić information content (AvgIpc) is 2.51. The van der Waals surface area contributed by atoms with Crippen molar-refractivity contribution in [2.45, 2.75) is 31.3 Å². The zero-order valence-electron chi connectivity index (χ0n) is 13.4. The minimum absolute atomic E-state index is 0.110. The van der Waals surface area contributed by atoms with Crippen LogP contribution >= 0.6 is 0 Å². The number of carbonyl (C=O) groups excluding carboxylic acids is 1. The van der Waals surface area contributed by atoms with Gasteiger partial charge in [-0.25, -0.2) is 17.2 Å². The van der Waals surface area contributed by atoms with Gasteiger partial charge in [-0.2, -0.15) is 0 Å². The summed E-state index contributed by atoms with van der Waals surface area (Å²) in [5, 5.41) is -0.483. The van der Waals surface area contributed by atoms with Crippen LogP contribution in [0.2, 0.25) is 0 Å². The Morgan fingerprint density at radius 3 is 2.04 bits per heavy atom. The minimum atomic E-state index is -3.23. The van der Waals surface area contributed by atoms with Crippen LogP contribution in [0.1, 0.15) is 35.3 Å². The fourth-order valence-electron chi connectivity index (χ4n) is 2.15. The molecule has 0 bridgehead atoms. The number of ketones is 1. The highest BCUT2D eigenvalue weighted by Gasteiger charge is 2.18. The average molecular weight is 352 g/mol. The Morgan fingerprint density at radius 2 is 1.54 bits per heavy atom. The van der Waals surface area contributed by atoms with E-state index in [1.165, 1.54) is 18.2 Å². The second-order valence-corrected chi connectivity index (χ2v) is 8.41. The molecule has 3 nitrogen and oxygen atoms in total. The maximum absolute atomic E-state index is 13.6. The lowest BCUT2D eigenvalue weighted by molar-refractivity contribution is 0.0990. The summed E-state index contributed by atoms with van der Waals surface area (Å²) in [4.78, 5) is 12.2. The predicted molar refractivity (Wildman–Crippen MR) is 88.6 cm³/mol. The number of benzene rings is 2. The number of sulfone groups is 1. The quantitative estimate of drug-likeness (QED) is 0.745. The molecule has 2 aromatic rings. The van der Waals surface area contributed by atoms with Crippen molar-refractivity contribution in [2.75, 3.05) is 0 Å². The van der Waals surface area contributed by atoms with Crippen molar-refractivity contribution < 1.29 is 22.0 Å². The number of hydrogen-bond acceptors (Lipinski definition) is 3. The molecule has 2 aromatic carbocycles. The standard InChI is InChI=1S/C18H18F2O3S/c1-12(2)24(22,23)11-13-6-8-14(9-7-13)18(21)10-15-16(19)4-3-5-17(15)20/h3-9,12H,10-11H2,1-2H3. The van der Waals surface area contributed by atoms with Crippen LogP contribution in [-0.4, -0.2) is 19.5 Å². The zero-order valence-corrected chi connectivity index (χ0v) is 14.2. The lowest BCUT2D eigenvalue weighted by atomic mass is 10.0. The lowest BCUT2D eigenvalue weighted by Crippen LogP contribution is -2.16. The molecule has 6 heteroatoms. The van der Waals surface area contributed by atoms with Crippen LogP contribution in [0, 0.1) is 11.6 Å². The van der Waals surface area contributed by atoms with Gasteiger partial charge in [0.1, 0.15) is 11.6 Å². The fraction of sp³-hybridized carbons (Fsp3) is 0.278. The van der Waals surface area contributed by atoms with Gasteiger partial charge in [-0.15, -0.1) is 0 Å². The molecule has 0 fully saturated rings. The Morgan fingerprint density at radius 1 is 1.00 bits per heavy atom. The topological polar surface area (TPSA) is 51.2 Å². The largest absolute Gasteiger partial charge is 0.294 e. The molecule has 24 heavy (non-hydrogen) atoms. The Hall–Kier alpha value is -2.08. The monoisotopic (exact) mass is 352 g/mol. The summed E-state index contributed by atoms with van der Waals surface area (Å²) in [6.07, 6.45) is -0.387. The number of rotatable bonds is 6. The highest BCUT2D eigenvalue weighted by atomic mass is 32.2. The van der Waals surface area contributed by atoms with Gasteiger partial charge in [-0.05, 0) is 31.5 Å². The van der Waals surface area contributed by atoms with Gasteiger partial charge < -0.3 is 0 Å². The van der Waals surface area contributed by atoms with Gasteiger partial charge in [0.05, 0.1) is 11.0 Å². The Labute approximate surface area is 140 Å². The van der Waals surface area contributed by atoms with Crippen LogP contribution in [0.4, 0.5) is 8.78 Å². The van der Waals surface area contributed by atoms with Crippen molar-refractivity contribution in [1.29, 1.82) is 0 Å². The number of halogens is 2. The molecule has 0 N–H and O–H groups in total. The maximum Gasteiger partial charge on any atom is 0.167 e. The van der Waals surface area contributed by atoms with Crippen LogP contribution in [0.15, 0.2) is 42.5 Å². The first-order valence-electron chi connectivity index (χ1n) is 7.47. The van der Waals surface area contributed by atoms with Crippen molar-refractivity contribution in [3.8, 4) is 0 Å². The van der Waals surface area contributed by atoms with E-state index >= 15 is 0 Å². The van der Waals surface area contributed by atoms with Gasteiger partial charge in [-0.1, -0.05) is 30.3 Å². The van der Waals surface area contributed by atoms with E-state index in [4.69, 9.17) is 0 Å². The summed E-state index contributed by atoms with van der Waals surface area (Å²) in [5.74, 6) is -2.07. The Balaban J connectivity index is 2.15. The first-order valence-corrected chi connectivity index (χ1v) is 9.19. The third kappa shape index (κ3) is 4.26. The van der Waals surface area contributed by atoms with E-state index < -0.39 is 32.5 Å². The van der Waals surface area contributed by atoms with Crippen molar-refractivity contribution >= 4 is 15.6 Å². The molecule has 0 aliphatic carbocycles. The van der Waals surface area contributed by atoms with Crippen LogP contribution < -0.4 is 0 Å². The van der Waals surface area contributed by atoms with E-state index in [-0.39, 0.29) is 23.3 Å². The van der Waals surface area contributed by atoms with Gasteiger partial charge in [0, 0.05) is 17.5 Å². The molecule has 0 aliphatic rings. The first kappa shape index (κ1) is 18.3. The molecular formula is C18H18F2O3S.